The molecule has 3 rings (SSSR count). The van der Waals surface area contributed by atoms with Crippen LogP contribution in [-0.2, 0) is 10.0 Å². The summed E-state index contributed by atoms with van der Waals surface area (Å²) in [7, 11) is -2.43. The fourth-order valence-corrected chi connectivity index (χ4v) is 4.39. The highest BCUT2D eigenvalue weighted by atomic mass is 32.2. The van der Waals surface area contributed by atoms with Crippen molar-refractivity contribution >= 4 is 32.5 Å². The second kappa shape index (κ2) is 6.46. The van der Waals surface area contributed by atoms with Crippen LogP contribution in [0.5, 0.6) is 0 Å². The summed E-state index contributed by atoms with van der Waals surface area (Å²) in [5.41, 5.74) is 1.64. The summed E-state index contributed by atoms with van der Waals surface area (Å²) in [4.78, 5) is 11.3. The van der Waals surface area contributed by atoms with Crippen molar-refractivity contribution in [1.29, 1.82) is 0 Å². The van der Waals surface area contributed by atoms with E-state index in [9.17, 15) is 18.3 Å². The predicted molar refractivity (Wildman–Crippen MR) is 102 cm³/mol. The van der Waals surface area contributed by atoms with Crippen LogP contribution in [-0.4, -0.2) is 26.5 Å². The summed E-state index contributed by atoms with van der Waals surface area (Å²) in [6.45, 7) is 3.39. The van der Waals surface area contributed by atoms with Gasteiger partial charge in [-0.1, -0.05) is 30.3 Å². The quantitative estimate of drug-likeness (QED) is 0.755. The van der Waals surface area contributed by atoms with E-state index in [1.807, 2.05) is 30.3 Å². The molecule has 0 aliphatic rings. The van der Waals surface area contributed by atoms with Crippen LogP contribution in [0.1, 0.15) is 21.5 Å². The number of carboxylic acid groups (broad SMARTS) is 1. The molecule has 0 aromatic heterocycles. The van der Waals surface area contributed by atoms with Gasteiger partial charge in [0.05, 0.1) is 16.1 Å². The highest BCUT2D eigenvalue weighted by Gasteiger charge is 2.25. The van der Waals surface area contributed by atoms with Gasteiger partial charge in [0, 0.05) is 7.05 Å². The van der Waals surface area contributed by atoms with E-state index in [-0.39, 0.29) is 10.5 Å². The lowest BCUT2D eigenvalue weighted by Gasteiger charge is -2.22. The number of fused-ring (bicyclic) bond motifs is 1. The van der Waals surface area contributed by atoms with Crippen molar-refractivity contribution in [2.45, 2.75) is 18.7 Å². The van der Waals surface area contributed by atoms with E-state index in [1.54, 1.807) is 26.0 Å². The summed E-state index contributed by atoms with van der Waals surface area (Å²) < 4.78 is 27.5. The molecule has 0 aliphatic heterocycles. The Morgan fingerprint density at radius 2 is 1.62 bits per heavy atom. The van der Waals surface area contributed by atoms with Gasteiger partial charge in [-0.05, 0) is 60.0 Å². The number of benzene rings is 3. The maximum absolute atomic E-state index is 13.1. The van der Waals surface area contributed by atoms with Crippen LogP contribution < -0.4 is 4.31 Å². The van der Waals surface area contributed by atoms with Gasteiger partial charge in [-0.15, -0.1) is 0 Å². The topological polar surface area (TPSA) is 74.7 Å². The normalized spacial score (nSPS) is 11.5. The molecule has 5 nitrogen and oxygen atoms in total. The van der Waals surface area contributed by atoms with Gasteiger partial charge in [0.15, 0.2) is 0 Å². The van der Waals surface area contributed by atoms with Gasteiger partial charge in [0.1, 0.15) is 0 Å². The predicted octanol–water partition coefficient (Wildman–Crippen LogP) is 3.98. The number of hydrogen-bond acceptors (Lipinski definition) is 3. The van der Waals surface area contributed by atoms with Gasteiger partial charge in [0.2, 0.25) is 0 Å². The molecule has 0 aliphatic carbocycles. The van der Waals surface area contributed by atoms with Crippen molar-refractivity contribution in [3.05, 3.63) is 71.3 Å². The Hall–Kier alpha value is -2.86. The first-order valence-corrected chi connectivity index (χ1v) is 9.48. The molecule has 6 heteroatoms. The summed E-state index contributed by atoms with van der Waals surface area (Å²) in [6, 6.07) is 15.8. The minimum absolute atomic E-state index is 0.00515. The molecule has 26 heavy (non-hydrogen) atoms. The summed E-state index contributed by atoms with van der Waals surface area (Å²) in [5, 5.41) is 11.2. The molecular weight excluding hydrogens is 350 g/mol. The molecule has 0 amide bonds. The number of hydrogen-bond donors (Lipinski definition) is 1. The van der Waals surface area contributed by atoms with Crippen LogP contribution in [0, 0.1) is 13.8 Å². The average Bonchev–Trinajstić information content (AvgIpc) is 2.62. The first kappa shape index (κ1) is 17.9. The molecule has 0 radical (unpaired) electrons. The van der Waals surface area contributed by atoms with Gasteiger partial charge < -0.3 is 5.11 Å². The summed E-state index contributed by atoms with van der Waals surface area (Å²) in [6.07, 6.45) is 0. The van der Waals surface area contributed by atoms with Crippen LogP contribution >= 0.6 is 0 Å². The molecule has 0 unspecified atom stereocenters. The summed E-state index contributed by atoms with van der Waals surface area (Å²) >= 11 is 0. The molecule has 0 saturated heterocycles. The maximum atomic E-state index is 13.1. The van der Waals surface area contributed by atoms with E-state index in [2.05, 4.69) is 0 Å². The molecular formula is C20H19NO4S. The lowest BCUT2D eigenvalue weighted by Crippen LogP contribution is -2.27. The van der Waals surface area contributed by atoms with Crippen molar-refractivity contribution in [3.8, 4) is 0 Å². The minimum Gasteiger partial charge on any atom is -0.478 e. The fraction of sp³-hybridized carbons (Fsp3) is 0.150. The molecule has 0 spiro atoms. The van der Waals surface area contributed by atoms with Gasteiger partial charge in [-0.3, -0.25) is 4.31 Å². The molecule has 3 aromatic rings. The number of carbonyl (C=O) groups is 1. The molecule has 1 N–H and O–H groups in total. The molecule has 0 heterocycles. The van der Waals surface area contributed by atoms with Crippen molar-refractivity contribution in [3.63, 3.8) is 0 Å². The zero-order valence-corrected chi connectivity index (χ0v) is 15.5. The Morgan fingerprint density at radius 1 is 0.962 bits per heavy atom. The molecule has 134 valence electrons. The number of aryl methyl sites for hydroxylation is 1. The van der Waals surface area contributed by atoms with E-state index in [0.717, 1.165) is 10.8 Å². The van der Waals surface area contributed by atoms with Crippen molar-refractivity contribution < 1.29 is 18.3 Å². The van der Waals surface area contributed by atoms with Gasteiger partial charge in [-0.2, -0.15) is 0 Å². The smallest absolute Gasteiger partial charge is 0.335 e. The van der Waals surface area contributed by atoms with E-state index < -0.39 is 16.0 Å². The third kappa shape index (κ3) is 3.04. The molecule has 0 saturated carbocycles. The Labute approximate surface area is 152 Å². The zero-order chi connectivity index (χ0) is 19.1. The highest BCUT2D eigenvalue weighted by Crippen LogP contribution is 2.29. The van der Waals surface area contributed by atoms with E-state index in [0.29, 0.717) is 16.8 Å². The number of rotatable bonds is 4. The molecule has 0 bridgehead atoms. The van der Waals surface area contributed by atoms with E-state index >= 15 is 0 Å². The van der Waals surface area contributed by atoms with Crippen molar-refractivity contribution in [2.24, 2.45) is 0 Å². The first-order chi connectivity index (χ1) is 12.2. The monoisotopic (exact) mass is 369 g/mol. The molecule has 3 aromatic carbocycles. The Balaban J connectivity index is 2.13. The van der Waals surface area contributed by atoms with E-state index in [4.69, 9.17) is 0 Å². The van der Waals surface area contributed by atoms with E-state index in [1.165, 1.54) is 23.5 Å². The number of aromatic carboxylic acids is 1. The van der Waals surface area contributed by atoms with Crippen LogP contribution in [0.15, 0.2) is 59.5 Å². The second-order valence-corrected chi connectivity index (χ2v) is 8.16. The minimum atomic E-state index is -3.90. The lowest BCUT2D eigenvalue weighted by molar-refractivity contribution is 0.0696. The van der Waals surface area contributed by atoms with Crippen LogP contribution in [0.2, 0.25) is 0 Å². The number of sulfonamides is 1. The number of nitrogens with zero attached hydrogens (tertiary/aromatic N) is 1. The zero-order valence-electron chi connectivity index (χ0n) is 14.7. The molecule has 0 fully saturated rings. The first-order valence-electron chi connectivity index (χ1n) is 8.04. The van der Waals surface area contributed by atoms with Gasteiger partial charge >= 0.3 is 5.97 Å². The fourth-order valence-electron chi connectivity index (χ4n) is 2.88. The van der Waals surface area contributed by atoms with Crippen LogP contribution in [0.25, 0.3) is 10.8 Å². The molecule has 0 atom stereocenters. The average molecular weight is 369 g/mol. The SMILES string of the molecule is Cc1cc(C(=O)O)cc(S(=O)(=O)N(C)c2ccc3ccccc3c2)c1C. The third-order valence-corrected chi connectivity index (χ3v) is 6.51. The Morgan fingerprint density at radius 3 is 2.27 bits per heavy atom. The third-order valence-electron chi connectivity index (χ3n) is 4.60. The maximum Gasteiger partial charge on any atom is 0.335 e. The summed E-state index contributed by atoms with van der Waals surface area (Å²) in [5.74, 6) is -1.15. The van der Waals surface area contributed by atoms with Crippen molar-refractivity contribution in [2.75, 3.05) is 11.4 Å². The number of carboxylic acids is 1. The largest absolute Gasteiger partial charge is 0.478 e. The van der Waals surface area contributed by atoms with Crippen molar-refractivity contribution in [1.82, 2.24) is 0 Å². The van der Waals surface area contributed by atoms with Gasteiger partial charge in [-0.25, -0.2) is 13.2 Å². The standard InChI is InChI=1S/C20H19NO4S/c1-13-10-17(20(22)23)12-19(14(13)2)26(24,25)21(3)18-9-8-15-6-4-5-7-16(15)11-18/h4-12H,1-3H3,(H,22,23). The number of anilines is 1. The second-order valence-electron chi connectivity index (χ2n) is 6.23. The van der Waals surface area contributed by atoms with Crippen LogP contribution in [0.4, 0.5) is 5.69 Å². The lowest BCUT2D eigenvalue weighted by atomic mass is 10.1. The van der Waals surface area contributed by atoms with Gasteiger partial charge in [0.25, 0.3) is 10.0 Å². The highest BCUT2D eigenvalue weighted by molar-refractivity contribution is 7.92. The Kier molecular flexibility index (Phi) is 4.46. The Bertz CT molecular complexity index is 1120. The van der Waals surface area contributed by atoms with Crippen LogP contribution in [0.3, 0.4) is 0 Å².